The number of hydrogen-bond donors (Lipinski definition) is 1. The molecule has 2 atom stereocenters. The summed E-state index contributed by atoms with van der Waals surface area (Å²) in [4.78, 5) is 14.7. The van der Waals surface area contributed by atoms with Gasteiger partial charge in [0.2, 0.25) is 0 Å². The Bertz CT molecular complexity index is 503. The van der Waals surface area contributed by atoms with E-state index in [1.165, 1.54) is 6.42 Å². The molecule has 2 unspecified atom stereocenters. The first-order chi connectivity index (χ1) is 9.16. The highest BCUT2D eigenvalue weighted by atomic mass is 79.9. The first-order valence-electron chi connectivity index (χ1n) is 6.94. The molecule has 2 fully saturated rings. The Morgan fingerprint density at radius 1 is 1.42 bits per heavy atom. The molecule has 3 rings (SSSR count). The van der Waals surface area contributed by atoms with Gasteiger partial charge in [0.15, 0.2) is 0 Å². The molecule has 2 saturated heterocycles. The fourth-order valence-electron chi connectivity index (χ4n) is 3.24. The van der Waals surface area contributed by atoms with Crippen molar-refractivity contribution in [2.24, 2.45) is 5.92 Å². The third-order valence-corrected chi connectivity index (χ3v) is 5.30. The Morgan fingerprint density at radius 3 is 3.11 bits per heavy atom. The smallest absolute Gasteiger partial charge is 0.254 e. The maximum atomic E-state index is 12.6. The Kier molecular flexibility index (Phi) is 3.63. The van der Waals surface area contributed by atoms with Crippen molar-refractivity contribution in [2.75, 3.05) is 19.6 Å². The van der Waals surface area contributed by atoms with E-state index < -0.39 is 0 Å². The van der Waals surface area contributed by atoms with Gasteiger partial charge in [-0.1, -0.05) is 22.0 Å². The molecule has 0 aromatic heterocycles. The molecule has 19 heavy (non-hydrogen) atoms. The van der Waals surface area contributed by atoms with Crippen LogP contribution in [0.15, 0.2) is 22.7 Å². The SMILES string of the molecule is Cc1c(Br)cccc1C(=O)N1CCC2NCCC2C1. The van der Waals surface area contributed by atoms with Crippen molar-refractivity contribution in [3.63, 3.8) is 0 Å². The van der Waals surface area contributed by atoms with Gasteiger partial charge in [-0.3, -0.25) is 4.79 Å². The van der Waals surface area contributed by atoms with Crippen molar-refractivity contribution in [2.45, 2.75) is 25.8 Å². The number of piperidine rings is 1. The number of hydrogen-bond acceptors (Lipinski definition) is 2. The minimum absolute atomic E-state index is 0.184. The van der Waals surface area contributed by atoms with Crippen LogP contribution in [0.1, 0.15) is 28.8 Å². The van der Waals surface area contributed by atoms with E-state index in [4.69, 9.17) is 0 Å². The van der Waals surface area contributed by atoms with Crippen molar-refractivity contribution in [1.82, 2.24) is 10.2 Å². The molecule has 3 nitrogen and oxygen atoms in total. The minimum Gasteiger partial charge on any atom is -0.338 e. The maximum Gasteiger partial charge on any atom is 0.254 e. The highest BCUT2D eigenvalue weighted by Gasteiger charge is 2.34. The lowest BCUT2D eigenvalue weighted by atomic mass is 9.92. The number of fused-ring (bicyclic) bond motifs is 1. The third kappa shape index (κ3) is 2.43. The second kappa shape index (κ2) is 5.25. The van der Waals surface area contributed by atoms with Crippen LogP contribution in [-0.2, 0) is 0 Å². The number of nitrogens with zero attached hydrogens (tertiary/aromatic N) is 1. The van der Waals surface area contributed by atoms with Gasteiger partial charge in [0.25, 0.3) is 5.91 Å². The van der Waals surface area contributed by atoms with Crippen LogP contribution >= 0.6 is 15.9 Å². The molecule has 1 aromatic carbocycles. The fraction of sp³-hybridized carbons (Fsp3) is 0.533. The predicted molar refractivity (Wildman–Crippen MR) is 79.3 cm³/mol. The summed E-state index contributed by atoms with van der Waals surface area (Å²) in [5, 5.41) is 3.53. The number of amides is 1. The zero-order valence-corrected chi connectivity index (χ0v) is 12.7. The Morgan fingerprint density at radius 2 is 2.26 bits per heavy atom. The van der Waals surface area contributed by atoms with Gasteiger partial charge in [-0.15, -0.1) is 0 Å². The molecule has 0 spiro atoms. The average molecular weight is 323 g/mol. The van der Waals surface area contributed by atoms with Crippen molar-refractivity contribution >= 4 is 21.8 Å². The molecule has 2 aliphatic rings. The van der Waals surface area contributed by atoms with E-state index in [9.17, 15) is 4.79 Å². The fourth-order valence-corrected chi connectivity index (χ4v) is 3.61. The van der Waals surface area contributed by atoms with Crippen molar-refractivity contribution in [1.29, 1.82) is 0 Å². The molecule has 2 heterocycles. The van der Waals surface area contributed by atoms with E-state index in [1.54, 1.807) is 0 Å². The number of rotatable bonds is 1. The monoisotopic (exact) mass is 322 g/mol. The van der Waals surface area contributed by atoms with E-state index in [-0.39, 0.29) is 5.91 Å². The summed E-state index contributed by atoms with van der Waals surface area (Å²) in [6.07, 6.45) is 2.29. The van der Waals surface area contributed by atoms with Gasteiger partial charge in [-0.05, 0) is 49.9 Å². The highest BCUT2D eigenvalue weighted by Crippen LogP contribution is 2.27. The number of nitrogens with one attached hydrogen (secondary N) is 1. The van der Waals surface area contributed by atoms with Crippen LogP contribution in [-0.4, -0.2) is 36.5 Å². The summed E-state index contributed by atoms with van der Waals surface area (Å²) in [6, 6.07) is 6.49. The van der Waals surface area contributed by atoms with E-state index in [1.807, 2.05) is 30.0 Å². The van der Waals surface area contributed by atoms with E-state index in [0.29, 0.717) is 12.0 Å². The Balaban J connectivity index is 1.79. The molecule has 1 aromatic rings. The second-order valence-electron chi connectivity index (χ2n) is 5.56. The molecule has 102 valence electrons. The summed E-state index contributed by atoms with van der Waals surface area (Å²) in [5.74, 6) is 0.828. The standard InChI is InChI=1S/C15H19BrN2O/c1-10-12(3-2-4-13(10)16)15(19)18-8-6-14-11(9-18)5-7-17-14/h2-4,11,14,17H,5-9H2,1H3. The average Bonchev–Trinajstić information content (AvgIpc) is 2.88. The van der Waals surface area contributed by atoms with E-state index in [2.05, 4.69) is 21.2 Å². The first-order valence-corrected chi connectivity index (χ1v) is 7.74. The van der Waals surface area contributed by atoms with Crippen LogP contribution in [0.2, 0.25) is 0 Å². The molecule has 4 heteroatoms. The lowest BCUT2D eigenvalue weighted by molar-refractivity contribution is 0.0661. The van der Waals surface area contributed by atoms with Gasteiger partial charge in [0.05, 0.1) is 0 Å². The lowest BCUT2D eigenvalue weighted by Gasteiger charge is -2.35. The number of likely N-dealkylation sites (tertiary alicyclic amines) is 1. The predicted octanol–water partition coefficient (Wildman–Crippen LogP) is 2.58. The largest absolute Gasteiger partial charge is 0.338 e. The molecule has 1 N–H and O–H groups in total. The van der Waals surface area contributed by atoms with Crippen LogP contribution in [0.3, 0.4) is 0 Å². The zero-order chi connectivity index (χ0) is 13.4. The van der Waals surface area contributed by atoms with Crippen LogP contribution in [0.4, 0.5) is 0 Å². The number of benzene rings is 1. The van der Waals surface area contributed by atoms with Gasteiger partial charge in [-0.2, -0.15) is 0 Å². The van der Waals surface area contributed by atoms with E-state index >= 15 is 0 Å². The number of halogens is 1. The van der Waals surface area contributed by atoms with Gasteiger partial charge >= 0.3 is 0 Å². The van der Waals surface area contributed by atoms with Crippen molar-refractivity contribution in [3.8, 4) is 0 Å². The molecular formula is C15H19BrN2O. The number of carbonyl (C=O) groups is 1. The summed E-state index contributed by atoms with van der Waals surface area (Å²) >= 11 is 3.50. The molecule has 0 aliphatic carbocycles. The molecule has 2 aliphatic heterocycles. The maximum absolute atomic E-state index is 12.6. The van der Waals surface area contributed by atoms with Crippen LogP contribution in [0.5, 0.6) is 0 Å². The Hall–Kier alpha value is -0.870. The van der Waals surface area contributed by atoms with Gasteiger partial charge in [-0.25, -0.2) is 0 Å². The summed E-state index contributed by atoms with van der Waals surface area (Å²) in [6.45, 7) is 4.88. The number of carbonyl (C=O) groups excluding carboxylic acids is 1. The van der Waals surface area contributed by atoms with Crippen LogP contribution in [0.25, 0.3) is 0 Å². The van der Waals surface area contributed by atoms with Gasteiger partial charge in [0, 0.05) is 29.2 Å². The van der Waals surface area contributed by atoms with Gasteiger partial charge < -0.3 is 10.2 Å². The summed E-state index contributed by atoms with van der Waals surface area (Å²) in [7, 11) is 0. The quantitative estimate of drug-likeness (QED) is 0.862. The van der Waals surface area contributed by atoms with Crippen LogP contribution in [0, 0.1) is 12.8 Å². The summed E-state index contributed by atoms with van der Waals surface area (Å²) in [5.41, 5.74) is 1.87. The normalized spacial score (nSPS) is 26.3. The zero-order valence-electron chi connectivity index (χ0n) is 11.2. The molecule has 0 bridgehead atoms. The van der Waals surface area contributed by atoms with Gasteiger partial charge in [0.1, 0.15) is 0 Å². The second-order valence-corrected chi connectivity index (χ2v) is 6.42. The Labute approximate surface area is 122 Å². The van der Waals surface area contributed by atoms with E-state index in [0.717, 1.165) is 41.7 Å². The van der Waals surface area contributed by atoms with Crippen molar-refractivity contribution < 1.29 is 4.79 Å². The minimum atomic E-state index is 0.184. The lowest BCUT2D eigenvalue weighted by Crippen LogP contribution is -2.47. The molecular weight excluding hydrogens is 304 g/mol. The topological polar surface area (TPSA) is 32.3 Å². The first kappa shape index (κ1) is 13.1. The molecule has 1 amide bonds. The molecule has 0 saturated carbocycles. The molecule has 0 radical (unpaired) electrons. The third-order valence-electron chi connectivity index (χ3n) is 4.44. The summed E-state index contributed by atoms with van der Waals surface area (Å²) < 4.78 is 1.01. The highest BCUT2D eigenvalue weighted by molar-refractivity contribution is 9.10. The van der Waals surface area contributed by atoms with Crippen LogP contribution < -0.4 is 5.32 Å². The van der Waals surface area contributed by atoms with Crippen molar-refractivity contribution in [3.05, 3.63) is 33.8 Å².